The van der Waals surface area contributed by atoms with Crippen molar-refractivity contribution in [3.8, 4) is 11.5 Å². The molecule has 0 amide bonds. The van der Waals surface area contributed by atoms with Gasteiger partial charge in [-0.15, -0.1) is 24.0 Å². The highest BCUT2D eigenvalue weighted by Crippen LogP contribution is 2.25. The van der Waals surface area contributed by atoms with Crippen LogP contribution in [-0.2, 0) is 6.42 Å². The summed E-state index contributed by atoms with van der Waals surface area (Å²) in [6.45, 7) is 0.645. The van der Waals surface area contributed by atoms with Gasteiger partial charge < -0.3 is 20.1 Å². The third-order valence-corrected chi connectivity index (χ3v) is 3.60. The van der Waals surface area contributed by atoms with Crippen LogP contribution < -0.4 is 15.2 Å². The molecule has 2 rings (SSSR count). The van der Waals surface area contributed by atoms with E-state index in [1.54, 1.807) is 14.2 Å². The molecule has 1 aliphatic carbocycles. The van der Waals surface area contributed by atoms with E-state index in [4.69, 9.17) is 15.2 Å². The molecular weight excluding hydrogens is 381 g/mol. The van der Waals surface area contributed by atoms with Gasteiger partial charge in [-0.1, -0.05) is 0 Å². The van der Waals surface area contributed by atoms with Gasteiger partial charge in [0.05, 0.1) is 14.2 Å². The van der Waals surface area contributed by atoms with E-state index in [0.717, 1.165) is 23.5 Å². The van der Waals surface area contributed by atoms with Gasteiger partial charge >= 0.3 is 0 Å². The molecule has 0 aliphatic heterocycles. The predicted octanol–water partition coefficient (Wildman–Crippen LogP) is 2.27. The molecule has 118 valence electrons. The minimum absolute atomic E-state index is 0. The summed E-state index contributed by atoms with van der Waals surface area (Å²) in [4.78, 5) is 6.49. The summed E-state index contributed by atoms with van der Waals surface area (Å²) >= 11 is 0. The minimum atomic E-state index is 0. The largest absolute Gasteiger partial charge is 0.497 e. The maximum Gasteiger partial charge on any atom is 0.191 e. The lowest BCUT2D eigenvalue weighted by Gasteiger charge is -2.17. The molecule has 2 N–H and O–H groups in total. The van der Waals surface area contributed by atoms with Crippen molar-refractivity contribution in [2.24, 2.45) is 10.7 Å². The van der Waals surface area contributed by atoms with Crippen LogP contribution in [0.1, 0.15) is 18.4 Å². The zero-order valence-electron chi connectivity index (χ0n) is 12.8. The van der Waals surface area contributed by atoms with Crippen LogP contribution in [0.4, 0.5) is 0 Å². The number of halogens is 1. The molecule has 21 heavy (non-hydrogen) atoms. The highest BCUT2D eigenvalue weighted by Gasteiger charge is 2.27. The summed E-state index contributed by atoms with van der Waals surface area (Å²) in [6, 6.07) is 6.37. The molecule has 6 heteroatoms. The first-order valence-electron chi connectivity index (χ1n) is 6.89. The number of nitrogens with zero attached hydrogens (tertiary/aromatic N) is 2. The summed E-state index contributed by atoms with van der Waals surface area (Å²) in [6.07, 6.45) is 3.21. The zero-order chi connectivity index (χ0) is 14.5. The monoisotopic (exact) mass is 405 g/mol. The molecule has 0 aromatic heterocycles. The van der Waals surface area contributed by atoms with Gasteiger partial charge in [-0.3, -0.25) is 4.99 Å². The Morgan fingerprint density at radius 3 is 2.62 bits per heavy atom. The Morgan fingerprint density at radius 2 is 2.05 bits per heavy atom. The van der Waals surface area contributed by atoms with E-state index < -0.39 is 0 Å². The van der Waals surface area contributed by atoms with Crippen molar-refractivity contribution >= 4 is 29.9 Å². The predicted molar refractivity (Wildman–Crippen MR) is 95.9 cm³/mol. The molecule has 0 unspecified atom stereocenters. The second-order valence-corrected chi connectivity index (χ2v) is 5.01. The molecule has 0 bridgehead atoms. The van der Waals surface area contributed by atoms with E-state index in [0.29, 0.717) is 18.5 Å². The van der Waals surface area contributed by atoms with Gasteiger partial charge in [0.1, 0.15) is 11.5 Å². The van der Waals surface area contributed by atoms with Crippen LogP contribution in [0.5, 0.6) is 11.5 Å². The van der Waals surface area contributed by atoms with Crippen molar-refractivity contribution in [2.75, 3.05) is 27.8 Å². The van der Waals surface area contributed by atoms with E-state index in [9.17, 15) is 0 Å². The van der Waals surface area contributed by atoms with E-state index in [1.807, 2.05) is 25.2 Å². The third kappa shape index (κ3) is 4.94. The van der Waals surface area contributed by atoms with Gasteiger partial charge in [0, 0.05) is 19.6 Å². The molecule has 0 saturated heterocycles. The summed E-state index contributed by atoms with van der Waals surface area (Å²) in [5, 5.41) is 0. The van der Waals surface area contributed by atoms with Gasteiger partial charge in [0.25, 0.3) is 0 Å². The van der Waals surface area contributed by atoms with Crippen molar-refractivity contribution in [2.45, 2.75) is 25.3 Å². The summed E-state index contributed by atoms with van der Waals surface area (Å²) in [5.74, 6) is 2.30. The molecule has 1 fully saturated rings. The average molecular weight is 405 g/mol. The Balaban J connectivity index is 0.00000220. The Kier molecular flexibility index (Phi) is 7.07. The van der Waals surface area contributed by atoms with Crippen LogP contribution in [0.3, 0.4) is 0 Å². The molecular formula is C15H24IN3O2. The van der Waals surface area contributed by atoms with Crippen LogP contribution in [0.25, 0.3) is 0 Å². The van der Waals surface area contributed by atoms with Crippen molar-refractivity contribution in [3.05, 3.63) is 23.8 Å². The lowest BCUT2D eigenvalue weighted by molar-refractivity contribution is 0.399. The highest BCUT2D eigenvalue weighted by atomic mass is 127. The molecule has 0 heterocycles. The van der Waals surface area contributed by atoms with Gasteiger partial charge in [0.15, 0.2) is 5.96 Å². The summed E-state index contributed by atoms with van der Waals surface area (Å²) in [7, 11) is 5.33. The van der Waals surface area contributed by atoms with Crippen LogP contribution in [0.15, 0.2) is 23.2 Å². The fourth-order valence-electron chi connectivity index (χ4n) is 2.13. The lowest BCUT2D eigenvalue weighted by Crippen LogP contribution is -2.35. The first-order valence-corrected chi connectivity index (χ1v) is 6.89. The maximum absolute atomic E-state index is 5.97. The first-order chi connectivity index (χ1) is 9.65. The normalized spacial score (nSPS) is 14.3. The number of methoxy groups -OCH3 is 2. The van der Waals surface area contributed by atoms with Gasteiger partial charge in [-0.05, 0) is 43.0 Å². The molecule has 0 radical (unpaired) electrons. The number of hydrogen-bond donors (Lipinski definition) is 1. The van der Waals surface area contributed by atoms with E-state index in [2.05, 4.69) is 9.89 Å². The van der Waals surface area contributed by atoms with Crippen molar-refractivity contribution in [1.29, 1.82) is 0 Å². The SMILES string of the molecule is COc1ccc(OC)c(CCN=C(N)N(C)C2CC2)c1.I. The van der Waals surface area contributed by atoms with Gasteiger partial charge in [0.2, 0.25) is 0 Å². The molecule has 1 aromatic rings. The lowest BCUT2D eigenvalue weighted by atomic mass is 10.1. The Labute approximate surface area is 143 Å². The molecule has 1 saturated carbocycles. The number of benzene rings is 1. The van der Waals surface area contributed by atoms with Gasteiger partial charge in [-0.2, -0.15) is 0 Å². The van der Waals surface area contributed by atoms with Crippen LogP contribution in [0, 0.1) is 0 Å². The molecule has 0 spiro atoms. The second-order valence-electron chi connectivity index (χ2n) is 5.01. The summed E-state index contributed by atoms with van der Waals surface area (Å²) in [5.41, 5.74) is 7.05. The summed E-state index contributed by atoms with van der Waals surface area (Å²) < 4.78 is 10.6. The number of nitrogens with two attached hydrogens (primary N) is 1. The van der Waals surface area contributed by atoms with Crippen LogP contribution in [-0.4, -0.2) is 44.7 Å². The van der Waals surface area contributed by atoms with Crippen LogP contribution >= 0.6 is 24.0 Å². The van der Waals surface area contributed by atoms with Crippen molar-refractivity contribution < 1.29 is 9.47 Å². The maximum atomic E-state index is 5.97. The number of ether oxygens (including phenoxy) is 2. The van der Waals surface area contributed by atoms with E-state index in [-0.39, 0.29) is 24.0 Å². The van der Waals surface area contributed by atoms with Crippen LogP contribution in [0.2, 0.25) is 0 Å². The van der Waals surface area contributed by atoms with Crippen molar-refractivity contribution in [3.63, 3.8) is 0 Å². The molecule has 0 atom stereocenters. The minimum Gasteiger partial charge on any atom is -0.497 e. The quantitative estimate of drug-likeness (QED) is 0.448. The van der Waals surface area contributed by atoms with Crippen molar-refractivity contribution in [1.82, 2.24) is 4.90 Å². The number of hydrogen-bond acceptors (Lipinski definition) is 3. The average Bonchev–Trinajstić information content (AvgIpc) is 3.30. The molecule has 1 aliphatic rings. The molecule has 5 nitrogen and oxygen atoms in total. The number of rotatable bonds is 6. The fraction of sp³-hybridized carbons (Fsp3) is 0.533. The topological polar surface area (TPSA) is 60.1 Å². The number of guanidine groups is 1. The number of aliphatic imine (C=N–C) groups is 1. The third-order valence-electron chi connectivity index (χ3n) is 3.60. The Hall–Kier alpha value is -1.18. The van der Waals surface area contributed by atoms with E-state index in [1.165, 1.54) is 12.8 Å². The Morgan fingerprint density at radius 1 is 1.33 bits per heavy atom. The first kappa shape index (κ1) is 17.9. The van der Waals surface area contributed by atoms with E-state index >= 15 is 0 Å². The highest BCUT2D eigenvalue weighted by molar-refractivity contribution is 14.0. The Bertz CT molecular complexity index is 490. The fourth-order valence-corrected chi connectivity index (χ4v) is 2.13. The molecule has 1 aromatic carbocycles. The zero-order valence-corrected chi connectivity index (χ0v) is 15.2. The smallest absolute Gasteiger partial charge is 0.191 e. The second kappa shape index (κ2) is 8.31. The van der Waals surface area contributed by atoms with Gasteiger partial charge in [-0.25, -0.2) is 0 Å². The standard InChI is InChI=1S/C15H23N3O2.HI/c1-18(12-4-5-12)15(16)17-9-8-11-10-13(19-2)6-7-14(11)20-3;/h6-7,10,12H,4-5,8-9H2,1-3H3,(H2,16,17);1H.